The molecule has 88 valence electrons. The number of thiophene rings is 1. The van der Waals surface area contributed by atoms with Gasteiger partial charge in [-0.15, -0.1) is 0 Å². The Balaban J connectivity index is 2.21. The van der Waals surface area contributed by atoms with Crippen LogP contribution in [0.1, 0.15) is 16.1 Å². The van der Waals surface area contributed by atoms with E-state index in [9.17, 15) is 4.79 Å². The highest BCUT2D eigenvalue weighted by Gasteiger charge is 2.08. The molecule has 0 spiro atoms. The quantitative estimate of drug-likeness (QED) is 0.876. The fourth-order valence-electron chi connectivity index (χ4n) is 1.47. The maximum absolute atomic E-state index is 12.0. The number of nitrogens with zero attached hydrogens (tertiary/aromatic N) is 1. The van der Waals surface area contributed by atoms with Gasteiger partial charge in [-0.05, 0) is 30.5 Å². The first kappa shape index (κ1) is 11.6. The minimum atomic E-state index is -0.120. The lowest BCUT2D eigenvalue weighted by Crippen LogP contribution is -2.12. The Hall–Kier alpha value is -1.88. The van der Waals surface area contributed by atoms with Gasteiger partial charge >= 0.3 is 0 Å². The first-order chi connectivity index (χ1) is 8.19. The van der Waals surface area contributed by atoms with Crippen LogP contribution in [0.4, 0.5) is 11.5 Å². The van der Waals surface area contributed by atoms with Gasteiger partial charge in [0.05, 0.1) is 5.69 Å². The molecule has 2 aromatic rings. The summed E-state index contributed by atoms with van der Waals surface area (Å²) in [7, 11) is 1.78. The molecular weight excluding hydrogens is 234 g/mol. The van der Waals surface area contributed by atoms with Gasteiger partial charge in [-0.3, -0.25) is 4.79 Å². The van der Waals surface area contributed by atoms with Crippen LogP contribution in [0, 0.1) is 6.92 Å². The second-order valence-electron chi connectivity index (χ2n) is 3.60. The van der Waals surface area contributed by atoms with Crippen molar-refractivity contribution in [3.8, 4) is 0 Å². The number of aryl methyl sites for hydroxylation is 1. The maximum atomic E-state index is 12.0. The third-order valence-electron chi connectivity index (χ3n) is 2.25. The van der Waals surface area contributed by atoms with E-state index in [-0.39, 0.29) is 5.91 Å². The van der Waals surface area contributed by atoms with Gasteiger partial charge in [-0.25, -0.2) is 4.98 Å². The van der Waals surface area contributed by atoms with E-state index in [0.717, 1.165) is 11.4 Å². The summed E-state index contributed by atoms with van der Waals surface area (Å²) in [6, 6.07) is 5.37. The van der Waals surface area contributed by atoms with Crippen molar-refractivity contribution in [2.75, 3.05) is 17.7 Å². The minimum absolute atomic E-state index is 0.120. The molecule has 0 atom stereocenters. The maximum Gasteiger partial charge on any atom is 0.255 e. The highest BCUT2D eigenvalue weighted by atomic mass is 32.1. The van der Waals surface area contributed by atoms with E-state index in [0.29, 0.717) is 11.4 Å². The van der Waals surface area contributed by atoms with Gasteiger partial charge in [-0.1, -0.05) is 0 Å². The number of hydrogen-bond acceptors (Lipinski definition) is 4. The second-order valence-corrected chi connectivity index (χ2v) is 4.38. The fraction of sp³-hybridized carbons (Fsp3) is 0.167. The Morgan fingerprint density at radius 2 is 2.24 bits per heavy atom. The molecule has 0 aliphatic carbocycles. The molecule has 5 heteroatoms. The lowest BCUT2D eigenvalue weighted by atomic mass is 10.2. The molecule has 0 fully saturated rings. The van der Waals surface area contributed by atoms with Crippen LogP contribution in [-0.4, -0.2) is 17.9 Å². The average molecular weight is 247 g/mol. The standard InChI is InChI=1S/C12H13N3OS/c1-8-5-9(6-11(13-2)14-8)12(16)15-10-3-4-17-7-10/h3-7H,1-2H3,(H,13,14)(H,15,16). The molecule has 2 rings (SSSR count). The molecular formula is C12H13N3OS. The Labute approximate surface area is 104 Å². The topological polar surface area (TPSA) is 54.0 Å². The molecule has 0 aliphatic rings. The highest BCUT2D eigenvalue weighted by Crippen LogP contribution is 2.15. The summed E-state index contributed by atoms with van der Waals surface area (Å²) in [5, 5.41) is 9.58. The van der Waals surface area contributed by atoms with Crippen LogP contribution >= 0.6 is 11.3 Å². The van der Waals surface area contributed by atoms with Crippen molar-refractivity contribution >= 4 is 28.7 Å². The molecule has 0 saturated carbocycles. The number of hydrogen-bond donors (Lipinski definition) is 2. The molecule has 17 heavy (non-hydrogen) atoms. The zero-order valence-electron chi connectivity index (χ0n) is 9.65. The lowest BCUT2D eigenvalue weighted by molar-refractivity contribution is 0.102. The van der Waals surface area contributed by atoms with Crippen LogP contribution in [0.15, 0.2) is 29.0 Å². The van der Waals surface area contributed by atoms with Gasteiger partial charge in [-0.2, -0.15) is 11.3 Å². The monoisotopic (exact) mass is 247 g/mol. The molecule has 0 unspecified atom stereocenters. The number of anilines is 2. The SMILES string of the molecule is CNc1cc(C(=O)Nc2ccsc2)cc(C)n1. The van der Waals surface area contributed by atoms with Crippen LogP contribution in [0.25, 0.3) is 0 Å². The number of amides is 1. The predicted molar refractivity (Wildman–Crippen MR) is 70.8 cm³/mol. The van der Waals surface area contributed by atoms with E-state index in [1.165, 1.54) is 0 Å². The van der Waals surface area contributed by atoms with E-state index < -0.39 is 0 Å². The highest BCUT2D eigenvalue weighted by molar-refractivity contribution is 7.08. The fourth-order valence-corrected chi connectivity index (χ4v) is 2.05. The largest absolute Gasteiger partial charge is 0.373 e. The van der Waals surface area contributed by atoms with Crippen molar-refractivity contribution in [3.63, 3.8) is 0 Å². The number of rotatable bonds is 3. The number of aromatic nitrogens is 1. The predicted octanol–water partition coefficient (Wildman–Crippen LogP) is 2.75. The van der Waals surface area contributed by atoms with Crippen LogP contribution in [0.3, 0.4) is 0 Å². The molecule has 0 aromatic carbocycles. The van der Waals surface area contributed by atoms with Crippen molar-refractivity contribution in [3.05, 3.63) is 40.2 Å². The first-order valence-corrected chi connectivity index (χ1v) is 6.13. The summed E-state index contributed by atoms with van der Waals surface area (Å²) in [6.07, 6.45) is 0. The molecule has 4 nitrogen and oxygen atoms in total. The molecule has 2 aromatic heterocycles. The molecule has 1 amide bonds. The van der Waals surface area contributed by atoms with Gasteiger partial charge in [0.25, 0.3) is 5.91 Å². The third kappa shape index (κ3) is 2.82. The van der Waals surface area contributed by atoms with Crippen molar-refractivity contribution in [1.29, 1.82) is 0 Å². The lowest BCUT2D eigenvalue weighted by Gasteiger charge is -2.06. The Morgan fingerprint density at radius 1 is 1.41 bits per heavy atom. The summed E-state index contributed by atoms with van der Waals surface area (Å²) in [5.41, 5.74) is 2.24. The molecule has 0 saturated heterocycles. The van der Waals surface area contributed by atoms with Crippen LogP contribution in [0.5, 0.6) is 0 Å². The normalized spacial score (nSPS) is 10.0. The van der Waals surface area contributed by atoms with Crippen LogP contribution in [0.2, 0.25) is 0 Å². The van der Waals surface area contributed by atoms with Gasteiger partial charge in [0, 0.05) is 23.7 Å². The van der Waals surface area contributed by atoms with Crippen molar-refractivity contribution in [1.82, 2.24) is 4.98 Å². The number of carbonyl (C=O) groups excluding carboxylic acids is 1. The molecule has 2 heterocycles. The molecule has 2 N–H and O–H groups in total. The van der Waals surface area contributed by atoms with Gasteiger partial charge < -0.3 is 10.6 Å². The number of nitrogens with one attached hydrogen (secondary N) is 2. The molecule has 0 bridgehead atoms. The smallest absolute Gasteiger partial charge is 0.255 e. The van der Waals surface area contributed by atoms with E-state index in [1.807, 2.05) is 23.8 Å². The van der Waals surface area contributed by atoms with Crippen molar-refractivity contribution < 1.29 is 4.79 Å². The zero-order valence-corrected chi connectivity index (χ0v) is 10.5. The third-order valence-corrected chi connectivity index (χ3v) is 2.93. The first-order valence-electron chi connectivity index (χ1n) is 5.19. The van der Waals surface area contributed by atoms with Crippen LogP contribution < -0.4 is 10.6 Å². The minimum Gasteiger partial charge on any atom is -0.373 e. The molecule has 0 radical (unpaired) electrons. The Morgan fingerprint density at radius 3 is 2.88 bits per heavy atom. The van der Waals surface area contributed by atoms with Crippen molar-refractivity contribution in [2.45, 2.75) is 6.92 Å². The van der Waals surface area contributed by atoms with E-state index in [1.54, 1.807) is 30.5 Å². The summed E-state index contributed by atoms with van der Waals surface area (Å²) >= 11 is 1.55. The average Bonchev–Trinajstić information content (AvgIpc) is 2.81. The summed E-state index contributed by atoms with van der Waals surface area (Å²) < 4.78 is 0. The molecule has 0 aliphatic heterocycles. The summed E-state index contributed by atoms with van der Waals surface area (Å²) in [6.45, 7) is 1.86. The zero-order chi connectivity index (χ0) is 12.3. The van der Waals surface area contributed by atoms with E-state index in [2.05, 4.69) is 15.6 Å². The van der Waals surface area contributed by atoms with E-state index >= 15 is 0 Å². The second kappa shape index (κ2) is 4.97. The van der Waals surface area contributed by atoms with Gasteiger partial charge in [0.15, 0.2) is 0 Å². The van der Waals surface area contributed by atoms with Gasteiger partial charge in [0.1, 0.15) is 5.82 Å². The Kier molecular flexibility index (Phi) is 3.39. The Bertz CT molecular complexity index is 523. The summed E-state index contributed by atoms with van der Waals surface area (Å²) in [5.74, 6) is 0.575. The summed E-state index contributed by atoms with van der Waals surface area (Å²) in [4.78, 5) is 16.2. The van der Waals surface area contributed by atoms with Crippen LogP contribution in [-0.2, 0) is 0 Å². The number of carbonyl (C=O) groups is 1. The van der Waals surface area contributed by atoms with Crippen molar-refractivity contribution in [2.24, 2.45) is 0 Å². The van der Waals surface area contributed by atoms with Gasteiger partial charge in [0.2, 0.25) is 0 Å². The van der Waals surface area contributed by atoms with E-state index in [4.69, 9.17) is 0 Å². The number of pyridine rings is 1.